The van der Waals surface area contributed by atoms with Crippen molar-refractivity contribution >= 4 is 23.1 Å². The molecule has 1 aliphatic heterocycles. The number of hydrogen-bond donors (Lipinski definition) is 3. The molecular weight excluding hydrogens is 402 g/mol. The Bertz CT molecular complexity index is 1030. The van der Waals surface area contributed by atoms with Crippen LogP contribution in [0.2, 0.25) is 0 Å². The zero-order valence-electron chi connectivity index (χ0n) is 18.3. The average Bonchev–Trinajstić information content (AvgIpc) is 2.81. The van der Waals surface area contributed by atoms with E-state index in [0.717, 1.165) is 42.9 Å². The molecule has 7 nitrogen and oxygen atoms in total. The van der Waals surface area contributed by atoms with Gasteiger partial charge < -0.3 is 26.0 Å². The second kappa shape index (κ2) is 10.2. The number of nitrogens with one attached hydrogen (secondary N) is 2. The quantitative estimate of drug-likeness (QED) is 0.499. The number of anilines is 3. The van der Waals surface area contributed by atoms with Gasteiger partial charge in [0.2, 0.25) is 0 Å². The van der Waals surface area contributed by atoms with Gasteiger partial charge in [0.1, 0.15) is 17.7 Å². The van der Waals surface area contributed by atoms with E-state index in [1.54, 1.807) is 6.07 Å². The van der Waals surface area contributed by atoms with Crippen LogP contribution in [0.4, 0.5) is 17.2 Å². The van der Waals surface area contributed by atoms with Crippen molar-refractivity contribution in [3.8, 4) is 5.75 Å². The molecule has 0 atom stereocenters. The zero-order valence-corrected chi connectivity index (χ0v) is 18.3. The number of primary amides is 1. The Morgan fingerprint density at radius 1 is 1.12 bits per heavy atom. The summed E-state index contributed by atoms with van der Waals surface area (Å²) in [5.41, 5.74) is 8.52. The molecule has 0 unspecified atom stereocenters. The lowest BCUT2D eigenvalue weighted by molar-refractivity contribution is 0.100. The van der Waals surface area contributed by atoms with Crippen molar-refractivity contribution in [2.24, 2.45) is 5.73 Å². The van der Waals surface area contributed by atoms with Crippen LogP contribution in [0.5, 0.6) is 5.75 Å². The summed E-state index contributed by atoms with van der Waals surface area (Å²) in [5, 5.41) is 6.57. The van der Waals surface area contributed by atoms with Gasteiger partial charge in [0.15, 0.2) is 0 Å². The molecule has 1 saturated heterocycles. The standard InChI is InChI=1S/C25H29N5O2/c1-30-13-11-21(12-14-30)32-20-9-7-19(8-10-20)29-24-15-23(22(17-28-24)25(26)31)27-16-18-5-3-2-4-6-18/h2-10,15,17,21H,11-14,16H2,1H3,(H2,26,31)(H2,27,28,29). The van der Waals surface area contributed by atoms with E-state index in [-0.39, 0.29) is 6.10 Å². The van der Waals surface area contributed by atoms with Gasteiger partial charge in [-0.3, -0.25) is 4.79 Å². The second-order valence-corrected chi connectivity index (χ2v) is 8.09. The van der Waals surface area contributed by atoms with Crippen LogP contribution in [0.15, 0.2) is 66.9 Å². The molecule has 0 saturated carbocycles. The molecule has 1 fully saturated rings. The Morgan fingerprint density at radius 2 is 1.84 bits per heavy atom. The largest absolute Gasteiger partial charge is 0.490 e. The molecule has 0 radical (unpaired) electrons. The van der Waals surface area contributed by atoms with Crippen molar-refractivity contribution in [2.75, 3.05) is 30.8 Å². The zero-order chi connectivity index (χ0) is 22.3. The predicted molar refractivity (Wildman–Crippen MR) is 127 cm³/mol. The number of nitrogens with two attached hydrogens (primary N) is 1. The van der Waals surface area contributed by atoms with Crippen LogP contribution in [0.1, 0.15) is 28.8 Å². The Balaban J connectivity index is 1.41. The fourth-order valence-electron chi connectivity index (χ4n) is 3.72. The van der Waals surface area contributed by atoms with Crippen molar-refractivity contribution in [1.29, 1.82) is 0 Å². The topological polar surface area (TPSA) is 92.5 Å². The molecular formula is C25H29N5O2. The highest BCUT2D eigenvalue weighted by Gasteiger charge is 2.18. The van der Waals surface area contributed by atoms with E-state index in [4.69, 9.17) is 10.5 Å². The monoisotopic (exact) mass is 431 g/mol. The van der Waals surface area contributed by atoms with E-state index in [2.05, 4.69) is 27.6 Å². The first-order valence-corrected chi connectivity index (χ1v) is 10.9. The van der Waals surface area contributed by atoms with Crippen LogP contribution in [0.25, 0.3) is 0 Å². The fourth-order valence-corrected chi connectivity index (χ4v) is 3.72. The number of piperidine rings is 1. The van der Waals surface area contributed by atoms with Gasteiger partial charge in [-0.2, -0.15) is 0 Å². The maximum absolute atomic E-state index is 11.8. The summed E-state index contributed by atoms with van der Waals surface area (Å²) >= 11 is 0. The van der Waals surface area contributed by atoms with E-state index in [9.17, 15) is 4.79 Å². The Morgan fingerprint density at radius 3 is 2.53 bits per heavy atom. The first kappa shape index (κ1) is 21.6. The van der Waals surface area contributed by atoms with Gasteiger partial charge in [-0.1, -0.05) is 30.3 Å². The van der Waals surface area contributed by atoms with Crippen LogP contribution in [0, 0.1) is 0 Å². The molecule has 4 rings (SSSR count). The summed E-state index contributed by atoms with van der Waals surface area (Å²) in [6.45, 7) is 2.71. The lowest BCUT2D eigenvalue weighted by Gasteiger charge is -2.29. The van der Waals surface area contributed by atoms with Gasteiger partial charge in [-0.05, 0) is 49.7 Å². The summed E-state index contributed by atoms with van der Waals surface area (Å²) in [4.78, 5) is 18.5. The predicted octanol–water partition coefficient (Wildman–Crippen LogP) is 4.01. The minimum Gasteiger partial charge on any atom is -0.490 e. The highest BCUT2D eigenvalue weighted by Crippen LogP contribution is 2.25. The molecule has 3 aromatic rings. The van der Waals surface area contributed by atoms with Crippen LogP contribution in [0.3, 0.4) is 0 Å². The number of aromatic nitrogens is 1. The van der Waals surface area contributed by atoms with Crippen molar-refractivity contribution in [3.05, 3.63) is 78.0 Å². The average molecular weight is 432 g/mol. The molecule has 0 spiro atoms. The summed E-state index contributed by atoms with van der Waals surface area (Å²) in [6, 6.07) is 19.6. The van der Waals surface area contributed by atoms with Crippen LogP contribution < -0.4 is 21.1 Å². The number of benzene rings is 2. The Hall–Kier alpha value is -3.58. The van der Waals surface area contributed by atoms with Gasteiger partial charge in [-0.25, -0.2) is 4.98 Å². The first-order chi connectivity index (χ1) is 15.6. The summed E-state index contributed by atoms with van der Waals surface area (Å²) in [5.74, 6) is 0.969. The Labute approximate surface area is 188 Å². The van der Waals surface area contributed by atoms with E-state index in [0.29, 0.717) is 23.6 Å². The highest BCUT2D eigenvalue weighted by atomic mass is 16.5. The van der Waals surface area contributed by atoms with Crippen molar-refractivity contribution in [1.82, 2.24) is 9.88 Å². The molecule has 2 aromatic carbocycles. The van der Waals surface area contributed by atoms with E-state index in [1.165, 1.54) is 6.20 Å². The number of rotatable bonds is 8. The summed E-state index contributed by atoms with van der Waals surface area (Å²) in [7, 11) is 2.14. The van der Waals surface area contributed by atoms with Gasteiger partial charge in [0.25, 0.3) is 5.91 Å². The number of amides is 1. The normalized spacial score (nSPS) is 14.7. The number of carbonyl (C=O) groups is 1. The second-order valence-electron chi connectivity index (χ2n) is 8.09. The molecule has 2 heterocycles. The number of nitrogens with zero attached hydrogens (tertiary/aromatic N) is 2. The maximum atomic E-state index is 11.8. The van der Waals surface area contributed by atoms with Gasteiger partial charge in [0, 0.05) is 37.6 Å². The van der Waals surface area contributed by atoms with Crippen LogP contribution >= 0.6 is 0 Å². The lowest BCUT2D eigenvalue weighted by atomic mass is 10.1. The Kier molecular flexibility index (Phi) is 6.87. The van der Waals surface area contributed by atoms with Crippen LogP contribution in [-0.2, 0) is 6.54 Å². The smallest absolute Gasteiger partial charge is 0.252 e. The van der Waals surface area contributed by atoms with E-state index >= 15 is 0 Å². The molecule has 1 aliphatic rings. The molecule has 7 heteroatoms. The molecule has 0 bridgehead atoms. The van der Waals surface area contributed by atoms with Gasteiger partial charge >= 0.3 is 0 Å². The third kappa shape index (κ3) is 5.76. The van der Waals surface area contributed by atoms with Crippen LogP contribution in [-0.4, -0.2) is 42.0 Å². The van der Waals surface area contributed by atoms with Crippen molar-refractivity contribution in [3.63, 3.8) is 0 Å². The maximum Gasteiger partial charge on any atom is 0.252 e. The first-order valence-electron chi connectivity index (χ1n) is 10.9. The molecule has 4 N–H and O–H groups in total. The lowest BCUT2D eigenvalue weighted by Crippen LogP contribution is -2.35. The molecule has 0 aliphatic carbocycles. The van der Waals surface area contributed by atoms with Crippen molar-refractivity contribution in [2.45, 2.75) is 25.5 Å². The third-order valence-corrected chi connectivity index (χ3v) is 5.59. The third-order valence-electron chi connectivity index (χ3n) is 5.59. The van der Waals surface area contributed by atoms with Gasteiger partial charge in [0.05, 0.1) is 11.3 Å². The van der Waals surface area contributed by atoms with E-state index < -0.39 is 5.91 Å². The number of carbonyl (C=O) groups excluding carboxylic acids is 1. The van der Waals surface area contributed by atoms with E-state index in [1.807, 2.05) is 54.6 Å². The van der Waals surface area contributed by atoms with Crippen molar-refractivity contribution < 1.29 is 9.53 Å². The SMILES string of the molecule is CN1CCC(Oc2ccc(Nc3cc(NCc4ccccc4)c(C(N)=O)cn3)cc2)CC1. The molecule has 32 heavy (non-hydrogen) atoms. The number of hydrogen-bond acceptors (Lipinski definition) is 6. The highest BCUT2D eigenvalue weighted by molar-refractivity contribution is 5.98. The number of ether oxygens (including phenoxy) is 1. The summed E-state index contributed by atoms with van der Waals surface area (Å²) < 4.78 is 6.11. The summed E-state index contributed by atoms with van der Waals surface area (Å²) in [6.07, 6.45) is 3.86. The molecule has 166 valence electrons. The minimum atomic E-state index is -0.519. The fraction of sp³-hybridized carbons (Fsp3) is 0.280. The molecule has 1 aromatic heterocycles. The number of likely N-dealkylation sites (tertiary alicyclic amines) is 1. The minimum absolute atomic E-state index is 0.270. The molecule has 1 amide bonds. The number of pyridine rings is 1. The van der Waals surface area contributed by atoms with Gasteiger partial charge in [-0.15, -0.1) is 0 Å².